The minimum atomic E-state index is -1.12. The standard InChI is InChI=1S/C15H17N3O2/c1-2-15(12-7-4-3-5-8-12)19-11-14(16,20-15)13-17-9-6-10-18-13/h3-10H,2,11,16H2,1H3. The molecule has 1 aliphatic rings. The van der Waals surface area contributed by atoms with Gasteiger partial charge in [0, 0.05) is 24.4 Å². The smallest absolute Gasteiger partial charge is 0.204 e. The highest BCUT2D eigenvalue weighted by atomic mass is 16.8. The molecule has 2 aromatic rings. The highest BCUT2D eigenvalue weighted by Crippen LogP contribution is 2.42. The molecule has 0 saturated carbocycles. The predicted molar refractivity (Wildman–Crippen MR) is 73.3 cm³/mol. The molecule has 2 N–H and O–H groups in total. The summed E-state index contributed by atoms with van der Waals surface area (Å²) in [5.74, 6) is -0.402. The van der Waals surface area contributed by atoms with Crippen LogP contribution in [0.5, 0.6) is 0 Å². The van der Waals surface area contributed by atoms with Gasteiger partial charge >= 0.3 is 0 Å². The van der Waals surface area contributed by atoms with Crippen LogP contribution in [0.15, 0.2) is 48.8 Å². The molecule has 3 rings (SSSR count). The first-order chi connectivity index (χ1) is 9.69. The molecular formula is C15H17N3O2. The van der Waals surface area contributed by atoms with Gasteiger partial charge in [-0.1, -0.05) is 37.3 Å². The number of rotatable bonds is 3. The molecule has 0 amide bonds. The summed E-state index contributed by atoms with van der Waals surface area (Å²) < 4.78 is 12.0. The van der Waals surface area contributed by atoms with E-state index >= 15 is 0 Å². The maximum absolute atomic E-state index is 6.30. The summed E-state index contributed by atoms with van der Waals surface area (Å²) in [5.41, 5.74) is 6.13. The fourth-order valence-electron chi connectivity index (χ4n) is 2.42. The number of hydrogen-bond acceptors (Lipinski definition) is 5. The SMILES string of the molecule is CCC1(c2ccccc2)OCC(N)(c2ncccn2)O1. The second-order valence-corrected chi connectivity index (χ2v) is 4.83. The Morgan fingerprint density at radius 1 is 1.15 bits per heavy atom. The lowest BCUT2D eigenvalue weighted by molar-refractivity contribution is -0.201. The van der Waals surface area contributed by atoms with Crippen molar-refractivity contribution < 1.29 is 9.47 Å². The lowest BCUT2D eigenvalue weighted by atomic mass is 10.0. The number of nitrogens with two attached hydrogens (primary N) is 1. The fourth-order valence-corrected chi connectivity index (χ4v) is 2.42. The Morgan fingerprint density at radius 3 is 2.50 bits per heavy atom. The third-order valence-electron chi connectivity index (χ3n) is 3.49. The predicted octanol–water partition coefficient (Wildman–Crippen LogP) is 1.90. The number of nitrogens with zero attached hydrogens (tertiary/aromatic N) is 2. The van der Waals surface area contributed by atoms with Gasteiger partial charge in [0.2, 0.25) is 5.72 Å². The molecule has 0 radical (unpaired) electrons. The van der Waals surface area contributed by atoms with Gasteiger partial charge in [-0.3, -0.25) is 5.73 Å². The van der Waals surface area contributed by atoms with Crippen molar-refractivity contribution in [1.29, 1.82) is 0 Å². The highest BCUT2D eigenvalue weighted by molar-refractivity contribution is 5.22. The monoisotopic (exact) mass is 271 g/mol. The Hall–Kier alpha value is -1.82. The van der Waals surface area contributed by atoms with E-state index in [1.54, 1.807) is 18.5 Å². The van der Waals surface area contributed by atoms with Crippen LogP contribution in [0, 0.1) is 0 Å². The van der Waals surface area contributed by atoms with E-state index in [2.05, 4.69) is 9.97 Å². The van der Waals surface area contributed by atoms with Crippen LogP contribution in [0.3, 0.4) is 0 Å². The van der Waals surface area contributed by atoms with Gasteiger partial charge in [0.15, 0.2) is 11.6 Å². The van der Waals surface area contributed by atoms with Crippen LogP contribution in [-0.4, -0.2) is 16.6 Å². The van der Waals surface area contributed by atoms with E-state index in [1.165, 1.54) is 0 Å². The van der Waals surface area contributed by atoms with E-state index < -0.39 is 11.5 Å². The number of aromatic nitrogens is 2. The second kappa shape index (κ2) is 4.94. The van der Waals surface area contributed by atoms with Gasteiger partial charge in [-0.2, -0.15) is 0 Å². The van der Waals surface area contributed by atoms with Crippen LogP contribution in [-0.2, 0) is 21.0 Å². The van der Waals surface area contributed by atoms with Crippen molar-refractivity contribution in [3.05, 3.63) is 60.2 Å². The van der Waals surface area contributed by atoms with E-state index in [9.17, 15) is 0 Å². The molecule has 0 bridgehead atoms. The van der Waals surface area contributed by atoms with Gasteiger partial charge in [0.25, 0.3) is 0 Å². The van der Waals surface area contributed by atoms with Gasteiger partial charge in [-0.25, -0.2) is 9.97 Å². The number of ether oxygens (including phenoxy) is 2. The first-order valence-electron chi connectivity index (χ1n) is 6.64. The molecule has 0 aliphatic carbocycles. The molecule has 1 saturated heterocycles. The number of benzene rings is 1. The molecule has 5 heteroatoms. The molecule has 1 aromatic carbocycles. The van der Waals surface area contributed by atoms with Crippen LogP contribution < -0.4 is 5.73 Å². The van der Waals surface area contributed by atoms with Crippen molar-refractivity contribution in [1.82, 2.24) is 9.97 Å². The Kier molecular flexibility index (Phi) is 3.25. The van der Waals surface area contributed by atoms with E-state index in [-0.39, 0.29) is 6.61 Å². The van der Waals surface area contributed by atoms with Crippen LogP contribution in [0.25, 0.3) is 0 Å². The zero-order valence-electron chi connectivity index (χ0n) is 11.3. The molecule has 5 nitrogen and oxygen atoms in total. The molecule has 2 atom stereocenters. The van der Waals surface area contributed by atoms with E-state index in [4.69, 9.17) is 15.2 Å². The summed E-state index contributed by atoms with van der Waals surface area (Å²) in [6, 6.07) is 11.6. The third kappa shape index (κ3) is 2.10. The molecule has 104 valence electrons. The van der Waals surface area contributed by atoms with Crippen LogP contribution in [0.2, 0.25) is 0 Å². The quantitative estimate of drug-likeness (QED) is 0.923. The first kappa shape index (κ1) is 13.2. The molecule has 2 heterocycles. The van der Waals surface area contributed by atoms with Crippen molar-refractivity contribution in [2.45, 2.75) is 24.9 Å². The summed E-state index contributed by atoms with van der Waals surface area (Å²) in [5, 5.41) is 0. The maximum atomic E-state index is 6.30. The summed E-state index contributed by atoms with van der Waals surface area (Å²) in [6.45, 7) is 2.23. The van der Waals surface area contributed by atoms with Crippen molar-refractivity contribution in [2.75, 3.05) is 6.61 Å². The minimum Gasteiger partial charge on any atom is -0.341 e. The first-order valence-corrected chi connectivity index (χ1v) is 6.64. The molecule has 2 unspecified atom stereocenters. The largest absolute Gasteiger partial charge is 0.341 e. The molecule has 0 spiro atoms. The Balaban J connectivity index is 1.95. The highest BCUT2D eigenvalue weighted by Gasteiger charge is 2.51. The fraction of sp³-hybridized carbons (Fsp3) is 0.333. The molecule has 1 aliphatic heterocycles. The maximum Gasteiger partial charge on any atom is 0.204 e. The topological polar surface area (TPSA) is 70.3 Å². The number of hydrogen-bond donors (Lipinski definition) is 1. The molecule has 1 aromatic heterocycles. The zero-order valence-corrected chi connectivity index (χ0v) is 11.3. The van der Waals surface area contributed by atoms with Gasteiger partial charge in [0.05, 0.1) is 0 Å². The van der Waals surface area contributed by atoms with Crippen molar-refractivity contribution in [3.63, 3.8) is 0 Å². The van der Waals surface area contributed by atoms with Gasteiger partial charge in [-0.15, -0.1) is 0 Å². The van der Waals surface area contributed by atoms with Gasteiger partial charge < -0.3 is 9.47 Å². The van der Waals surface area contributed by atoms with Crippen molar-refractivity contribution >= 4 is 0 Å². The molecular weight excluding hydrogens is 254 g/mol. The van der Waals surface area contributed by atoms with Gasteiger partial charge in [0.1, 0.15) is 6.61 Å². The molecule has 1 fully saturated rings. The van der Waals surface area contributed by atoms with Crippen LogP contribution in [0.1, 0.15) is 24.7 Å². The molecule has 20 heavy (non-hydrogen) atoms. The lowest BCUT2D eigenvalue weighted by Crippen LogP contribution is -2.42. The second-order valence-electron chi connectivity index (χ2n) is 4.83. The van der Waals surface area contributed by atoms with E-state index in [1.807, 2.05) is 37.3 Å². The summed E-state index contributed by atoms with van der Waals surface area (Å²) >= 11 is 0. The minimum absolute atomic E-state index is 0.222. The summed E-state index contributed by atoms with van der Waals surface area (Å²) in [4.78, 5) is 8.37. The lowest BCUT2D eigenvalue weighted by Gasteiger charge is -2.29. The van der Waals surface area contributed by atoms with Crippen LogP contribution >= 0.6 is 0 Å². The average molecular weight is 271 g/mol. The van der Waals surface area contributed by atoms with Crippen molar-refractivity contribution in [2.24, 2.45) is 5.73 Å². The average Bonchev–Trinajstić information content (AvgIpc) is 2.89. The Bertz CT molecular complexity index is 578. The zero-order chi connectivity index (χ0) is 14.1. The van der Waals surface area contributed by atoms with Gasteiger partial charge in [-0.05, 0) is 6.07 Å². The normalized spacial score (nSPS) is 29.5. The van der Waals surface area contributed by atoms with E-state index in [0.717, 1.165) is 5.56 Å². The van der Waals surface area contributed by atoms with Crippen molar-refractivity contribution in [3.8, 4) is 0 Å². The summed E-state index contributed by atoms with van der Waals surface area (Å²) in [6.07, 6.45) is 3.95. The Labute approximate surface area is 117 Å². The summed E-state index contributed by atoms with van der Waals surface area (Å²) in [7, 11) is 0. The van der Waals surface area contributed by atoms with E-state index in [0.29, 0.717) is 12.2 Å². The Morgan fingerprint density at radius 2 is 1.85 bits per heavy atom. The third-order valence-corrected chi connectivity index (χ3v) is 3.49. The van der Waals surface area contributed by atoms with Crippen LogP contribution in [0.4, 0.5) is 0 Å².